The van der Waals surface area contributed by atoms with Gasteiger partial charge in [-0.15, -0.1) is 0 Å². The molecule has 1 rings (SSSR count). The minimum absolute atomic E-state index is 0.0401. The summed E-state index contributed by atoms with van der Waals surface area (Å²) in [6.07, 6.45) is 0.198. The van der Waals surface area contributed by atoms with E-state index < -0.39 is 32.2 Å². The van der Waals surface area contributed by atoms with Gasteiger partial charge in [-0.25, -0.2) is 9.78 Å². The van der Waals surface area contributed by atoms with Crippen molar-refractivity contribution in [2.75, 3.05) is 0 Å². The van der Waals surface area contributed by atoms with Crippen LogP contribution in [0.15, 0.2) is 10.6 Å². The van der Waals surface area contributed by atoms with Gasteiger partial charge in [-0.1, -0.05) is 20.8 Å². The minimum Gasteiger partial charge on any atom is -0.444 e. The first kappa shape index (κ1) is 22.2. The Morgan fingerprint density at radius 2 is 1.88 bits per heavy atom. The van der Waals surface area contributed by atoms with Gasteiger partial charge in [0.2, 0.25) is 11.7 Å². The average molecular weight is 382 g/mol. The summed E-state index contributed by atoms with van der Waals surface area (Å²) in [5.74, 6) is 0.378. The van der Waals surface area contributed by atoms with Gasteiger partial charge in [0.15, 0.2) is 8.32 Å². The highest BCUT2D eigenvalue weighted by Crippen LogP contribution is 2.40. The molecular weight excluding hydrogens is 350 g/mol. The first-order valence-electron chi connectivity index (χ1n) is 8.69. The number of oxazole rings is 1. The fourth-order valence-electron chi connectivity index (χ4n) is 1.90. The number of hydrogen-bond acceptors (Lipinski definition) is 6. The predicted molar refractivity (Wildman–Crippen MR) is 101 cm³/mol. The van der Waals surface area contributed by atoms with Gasteiger partial charge in [0, 0.05) is 0 Å². The van der Waals surface area contributed by atoms with E-state index in [-0.39, 0.29) is 16.7 Å². The number of amides is 1. The van der Waals surface area contributed by atoms with E-state index in [0.29, 0.717) is 0 Å². The Kier molecular flexibility index (Phi) is 6.66. The summed E-state index contributed by atoms with van der Waals surface area (Å²) in [5.41, 5.74) is -0.601. The second-order valence-corrected chi connectivity index (χ2v) is 13.7. The van der Waals surface area contributed by atoms with E-state index in [9.17, 15) is 4.79 Å². The molecule has 1 amide bonds. The van der Waals surface area contributed by atoms with Gasteiger partial charge in [0.25, 0.3) is 0 Å². The number of carbonyl (C=O) groups excluding carboxylic acids is 1. The molecule has 146 valence electrons. The Labute approximate surface area is 157 Å². The van der Waals surface area contributed by atoms with E-state index >= 15 is 0 Å². The maximum Gasteiger partial charge on any atom is 0.407 e. The van der Waals surface area contributed by atoms with Crippen LogP contribution >= 0.6 is 0 Å². The summed E-state index contributed by atoms with van der Waals surface area (Å²) in [6, 6.07) is 1.47. The van der Waals surface area contributed by atoms with Crippen molar-refractivity contribution in [1.82, 2.24) is 10.3 Å². The maximum atomic E-state index is 12.1. The zero-order valence-corrected chi connectivity index (χ0v) is 18.3. The smallest absolute Gasteiger partial charge is 0.407 e. The summed E-state index contributed by atoms with van der Waals surface area (Å²) in [7, 11) is -2.19. The SMILES string of the molecule is C[C@H](NC(=O)OC(C)(C)C)C(O[Si](C)(C)C(C)(C)C)c1ncc(C#N)o1. The quantitative estimate of drug-likeness (QED) is 0.753. The van der Waals surface area contributed by atoms with Crippen molar-refractivity contribution < 1.29 is 18.4 Å². The predicted octanol–water partition coefficient (Wildman–Crippen LogP) is 4.52. The molecule has 0 radical (unpaired) electrons. The first-order chi connectivity index (χ1) is 11.7. The molecule has 1 aromatic heterocycles. The third-order valence-corrected chi connectivity index (χ3v) is 8.76. The second-order valence-electron chi connectivity index (χ2n) is 8.91. The van der Waals surface area contributed by atoms with Gasteiger partial charge in [0.05, 0.1) is 12.2 Å². The summed E-state index contributed by atoms with van der Waals surface area (Å²) >= 11 is 0. The van der Waals surface area contributed by atoms with Gasteiger partial charge in [-0.2, -0.15) is 5.26 Å². The molecule has 8 heteroatoms. The van der Waals surface area contributed by atoms with Gasteiger partial charge in [-0.3, -0.25) is 0 Å². The zero-order chi connectivity index (χ0) is 20.3. The number of nitrogens with one attached hydrogen (secondary N) is 1. The number of aromatic nitrogens is 1. The molecule has 0 aromatic carbocycles. The number of alkyl carbamates (subject to hydrolysis) is 1. The van der Waals surface area contributed by atoms with Crippen LogP contribution in [-0.2, 0) is 9.16 Å². The zero-order valence-electron chi connectivity index (χ0n) is 17.3. The van der Waals surface area contributed by atoms with Crippen LogP contribution in [0.25, 0.3) is 0 Å². The van der Waals surface area contributed by atoms with Crippen LogP contribution in [0.4, 0.5) is 4.79 Å². The topological polar surface area (TPSA) is 97.4 Å². The number of nitriles is 1. The van der Waals surface area contributed by atoms with Crippen molar-refractivity contribution in [2.24, 2.45) is 0 Å². The van der Waals surface area contributed by atoms with Crippen LogP contribution < -0.4 is 5.32 Å². The summed E-state index contributed by atoms with van der Waals surface area (Å²) < 4.78 is 17.3. The lowest BCUT2D eigenvalue weighted by molar-refractivity contribution is 0.0423. The van der Waals surface area contributed by atoms with Crippen LogP contribution in [-0.4, -0.2) is 31.0 Å². The maximum absolute atomic E-state index is 12.1. The van der Waals surface area contributed by atoms with Crippen LogP contribution in [0.1, 0.15) is 66.2 Å². The molecule has 0 saturated carbocycles. The molecule has 0 saturated heterocycles. The van der Waals surface area contributed by atoms with E-state index in [1.54, 1.807) is 27.7 Å². The Morgan fingerprint density at radius 1 is 1.31 bits per heavy atom. The van der Waals surface area contributed by atoms with Crippen LogP contribution in [0, 0.1) is 11.3 Å². The molecule has 0 aliphatic heterocycles. The number of carbonyl (C=O) groups is 1. The lowest BCUT2D eigenvalue weighted by atomic mass is 10.2. The van der Waals surface area contributed by atoms with Crippen molar-refractivity contribution in [1.29, 1.82) is 5.26 Å². The number of rotatable bonds is 5. The largest absolute Gasteiger partial charge is 0.444 e. The van der Waals surface area contributed by atoms with Gasteiger partial charge in [-0.05, 0) is 45.8 Å². The molecule has 2 atom stereocenters. The fraction of sp³-hybridized carbons (Fsp3) is 0.722. The molecule has 26 heavy (non-hydrogen) atoms. The van der Waals surface area contributed by atoms with Crippen molar-refractivity contribution in [3.63, 3.8) is 0 Å². The highest BCUT2D eigenvalue weighted by atomic mass is 28.4. The molecule has 1 heterocycles. The van der Waals surface area contributed by atoms with Gasteiger partial charge < -0.3 is 18.9 Å². The Balaban J connectivity index is 3.08. The number of ether oxygens (including phenoxy) is 1. The van der Waals surface area contributed by atoms with Crippen LogP contribution in [0.2, 0.25) is 18.1 Å². The van der Waals surface area contributed by atoms with E-state index in [0.717, 1.165) is 0 Å². The lowest BCUT2D eigenvalue weighted by Gasteiger charge is -2.40. The Hall–Kier alpha value is -1.85. The molecule has 0 aliphatic rings. The monoisotopic (exact) mass is 381 g/mol. The van der Waals surface area contributed by atoms with Crippen molar-refractivity contribution in [3.8, 4) is 6.07 Å². The third-order valence-electron chi connectivity index (χ3n) is 4.30. The van der Waals surface area contributed by atoms with Crippen LogP contribution in [0.3, 0.4) is 0 Å². The molecule has 1 aromatic rings. The number of hydrogen-bond donors (Lipinski definition) is 1. The summed E-state index contributed by atoms with van der Waals surface area (Å²) in [5, 5.41) is 11.7. The molecule has 1 unspecified atom stereocenters. The van der Waals surface area contributed by atoms with E-state index in [1.807, 2.05) is 6.07 Å². The molecule has 0 spiro atoms. The second kappa shape index (κ2) is 7.80. The van der Waals surface area contributed by atoms with Gasteiger partial charge in [0.1, 0.15) is 17.8 Å². The molecule has 0 aliphatic carbocycles. The molecule has 0 fully saturated rings. The fourth-order valence-corrected chi connectivity index (χ4v) is 3.19. The molecule has 7 nitrogen and oxygen atoms in total. The summed E-state index contributed by atoms with van der Waals surface area (Å²) in [4.78, 5) is 16.3. The number of nitrogens with zero attached hydrogens (tertiary/aromatic N) is 2. The highest BCUT2D eigenvalue weighted by molar-refractivity contribution is 6.74. The minimum atomic E-state index is -2.19. The Bertz CT molecular complexity index is 665. The van der Waals surface area contributed by atoms with Crippen molar-refractivity contribution >= 4 is 14.4 Å². The molecule has 1 N–H and O–H groups in total. The van der Waals surface area contributed by atoms with Crippen molar-refractivity contribution in [3.05, 3.63) is 17.8 Å². The van der Waals surface area contributed by atoms with E-state index in [4.69, 9.17) is 18.8 Å². The highest BCUT2D eigenvalue weighted by Gasteiger charge is 2.42. The molecule has 0 bridgehead atoms. The first-order valence-corrected chi connectivity index (χ1v) is 11.6. The average Bonchev–Trinajstić information content (AvgIpc) is 2.89. The Morgan fingerprint density at radius 3 is 2.31 bits per heavy atom. The lowest BCUT2D eigenvalue weighted by Crippen LogP contribution is -2.47. The van der Waals surface area contributed by atoms with E-state index in [1.165, 1.54) is 6.20 Å². The summed E-state index contributed by atoms with van der Waals surface area (Å²) in [6.45, 7) is 17.8. The van der Waals surface area contributed by atoms with Crippen LogP contribution in [0.5, 0.6) is 0 Å². The normalized spacial score (nSPS) is 15.1. The standard InChI is InChI=1S/C18H31N3O4Si/c1-12(21-16(22)24-17(2,3)4)14(15-20-11-13(10-19)23-15)25-26(8,9)18(5,6)7/h11-12,14H,1-9H3,(H,21,22)/t12-,14?/m0/s1. The molecular formula is C18H31N3O4Si. The van der Waals surface area contributed by atoms with Gasteiger partial charge >= 0.3 is 6.09 Å². The van der Waals surface area contributed by atoms with E-state index in [2.05, 4.69) is 44.2 Å². The third kappa shape index (κ3) is 6.14. The van der Waals surface area contributed by atoms with Crippen molar-refractivity contribution in [2.45, 2.75) is 84.3 Å².